The summed E-state index contributed by atoms with van der Waals surface area (Å²) in [5.74, 6) is -3.31. The molecule has 0 aliphatic carbocycles. The molecule has 0 rings (SSSR count). The Bertz CT molecular complexity index is 337. The Morgan fingerprint density at radius 3 is 1.77 bits per heavy atom. The van der Waals surface area contributed by atoms with Gasteiger partial charge in [0.2, 0.25) is 0 Å². The largest absolute Gasteiger partial charge is 0.465 e. The van der Waals surface area contributed by atoms with Crippen LogP contribution in [0.4, 0.5) is 13.2 Å². The lowest BCUT2D eigenvalue weighted by molar-refractivity contribution is -0.244. The molecule has 0 unspecified atom stereocenters. The van der Waals surface area contributed by atoms with Crippen LogP contribution >= 0.6 is 0 Å². The number of carbonyl (C=O) groups excluding carboxylic acids is 2. The van der Waals surface area contributed by atoms with E-state index in [4.69, 9.17) is 4.74 Å². The summed E-state index contributed by atoms with van der Waals surface area (Å²) < 4.78 is 54.3. The van der Waals surface area contributed by atoms with Crippen molar-refractivity contribution in [2.45, 2.75) is 46.2 Å². The summed E-state index contributed by atoms with van der Waals surface area (Å²) in [5.41, 5.74) is -3.34. The number of unbranched alkanes of at least 4 members (excludes halogenated alkanes) is 1. The van der Waals surface area contributed by atoms with Crippen LogP contribution in [0.2, 0.25) is 0 Å². The van der Waals surface area contributed by atoms with Crippen LogP contribution in [-0.4, -0.2) is 44.5 Å². The second kappa shape index (κ2) is 9.66. The highest BCUT2D eigenvalue weighted by Gasteiger charge is 2.67. The fraction of sp³-hybridized carbons (Fsp3) is 0.857. The zero-order chi connectivity index (χ0) is 17.2. The minimum atomic E-state index is -5.13. The van der Waals surface area contributed by atoms with Crippen LogP contribution in [0, 0.1) is 5.41 Å². The number of esters is 2. The normalized spacial score (nSPS) is 12.1. The lowest BCUT2D eigenvalue weighted by Crippen LogP contribution is -2.53. The molecule has 0 amide bonds. The topological polar surface area (TPSA) is 61.8 Å². The van der Waals surface area contributed by atoms with Gasteiger partial charge in [0.05, 0.1) is 13.2 Å². The van der Waals surface area contributed by atoms with E-state index in [-0.39, 0.29) is 19.8 Å². The number of hydrogen-bond donors (Lipinski definition) is 0. The Kier molecular flexibility index (Phi) is 9.08. The molecule has 0 atom stereocenters. The van der Waals surface area contributed by atoms with E-state index < -0.39 is 36.6 Å². The molecule has 0 saturated carbocycles. The van der Waals surface area contributed by atoms with Gasteiger partial charge in [0.25, 0.3) is 5.41 Å². The first kappa shape index (κ1) is 20.7. The predicted molar refractivity (Wildman–Crippen MR) is 72.1 cm³/mol. The summed E-state index contributed by atoms with van der Waals surface area (Å²) in [7, 11) is 0. The van der Waals surface area contributed by atoms with Crippen molar-refractivity contribution in [3.8, 4) is 0 Å². The smallest absolute Gasteiger partial charge is 0.415 e. The van der Waals surface area contributed by atoms with E-state index in [1.54, 1.807) is 0 Å². The zero-order valence-electron chi connectivity index (χ0n) is 13.1. The first-order valence-electron chi connectivity index (χ1n) is 7.26. The summed E-state index contributed by atoms with van der Waals surface area (Å²) in [6.07, 6.45) is -4.49. The van der Waals surface area contributed by atoms with Gasteiger partial charge in [-0.1, -0.05) is 13.3 Å². The number of rotatable bonds is 10. The number of halogens is 3. The third kappa shape index (κ3) is 5.15. The first-order valence-corrected chi connectivity index (χ1v) is 7.26. The average molecular weight is 328 g/mol. The molecule has 0 bridgehead atoms. The number of ether oxygens (including phenoxy) is 3. The summed E-state index contributed by atoms with van der Waals surface area (Å²) in [6, 6.07) is 0. The maximum absolute atomic E-state index is 13.4. The summed E-state index contributed by atoms with van der Waals surface area (Å²) >= 11 is 0. The van der Waals surface area contributed by atoms with Crippen molar-refractivity contribution in [1.82, 2.24) is 0 Å². The molecule has 0 heterocycles. The molecule has 0 saturated heterocycles. The van der Waals surface area contributed by atoms with Gasteiger partial charge < -0.3 is 14.2 Å². The maximum atomic E-state index is 13.4. The number of alkyl halides is 3. The van der Waals surface area contributed by atoms with Crippen molar-refractivity contribution in [2.24, 2.45) is 5.41 Å². The third-order valence-corrected chi connectivity index (χ3v) is 3.00. The van der Waals surface area contributed by atoms with E-state index in [9.17, 15) is 22.8 Å². The molecule has 0 aromatic heterocycles. The van der Waals surface area contributed by atoms with Gasteiger partial charge in [0.15, 0.2) is 0 Å². The van der Waals surface area contributed by atoms with Crippen LogP contribution in [0.5, 0.6) is 0 Å². The first-order chi connectivity index (χ1) is 10.3. The van der Waals surface area contributed by atoms with E-state index in [1.807, 2.05) is 6.92 Å². The third-order valence-electron chi connectivity index (χ3n) is 3.00. The second-order valence-corrected chi connectivity index (χ2v) is 4.56. The fourth-order valence-electron chi connectivity index (χ4n) is 1.74. The standard InChI is InChI=1S/C14H23F3O5/c1-4-7-9-20-10-8-13(14(15,16)17,11(18)21-5-2)12(19)22-6-3/h4-10H2,1-3H3. The van der Waals surface area contributed by atoms with Gasteiger partial charge in [0, 0.05) is 19.6 Å². The molecule has 130 valence electrons. The van der Waals surface area contributed by atoms with Crippen molar-refractivity contribution in [2.75, 3.05) is 26.4 Å². The molecule has 0 spiro atoms. The Balaban J connectivity index is 5.29. The summed E-state index contributed by atoms with van der Waals surface area (Å²) in [4.78, 5) is 23.7. The zero-order valence-corrected chi connectivity index (χ0v) is 13.1. The van der Waals surface area contributed by atoms with Gasteiger partial charge in [-0.05, 0) is 20.3 Å². The van der Waals surface area contributed by atoms with Crippen molar-refractivity contribution < 1.29 is 37.0 Å². The van der Waals surface area contributed by atoms with Gasteiger partial charge in [-0.2, -0.15) is 13.2 Å². The van der Waals surface area contributed by atoms with Gasteiger partial charge in [-0.25, -0.2) is 0 Å². The van der Waals surface area contributed by atoms with E-state index in [1.165, 1.54) is 13.8 Å². The molecule has 0 aliphatic rings. The van der Waals surface area contributed by atoms with Crippen LogP contribution in [0.3, 0.4) is 0 Å². The molecule has 0 aliphatic heterocycles. The number of hydrogen-bond acceptors (Lipinski definition) is 5. The lowest BCUT2D eigenvalue weighted by atomic mass is 9.83. The summed E-state index contributed by atoms with van der Waals surface area (Å²) in [6.45, 7) is 3.96. The Hall–Kier alpha value is -1.31. The fourth-order valence-corrected chi connectivity index (χ4v) is 1.74. The molecule has 0 aromatic carbocycles. The molecule has 8 heteroatoms. The van der Waals surface area contributed by atoms with E-state index in [2.05, 4.69) is 9.47 Å². The van der Waals surface area contributed by atoms with Crippen LogP contribution in [0.1, 0.15) is 40.0 Å². The SMILES string of the molecule is CCCCOCCC(C(=O)OCC)(C(=O)OCC)C(F)(F)F. The monoisotopic (exact) mass is 328 g/mol. The number of carbonyl (C=O) groups is 2. The Labute approximate surface area is 128 Å². The van der Waals surface area contributed by atoms with E-state index in [0.717, 1.165) is 6.42 Å². The molecule has 5 nitrogen and oxygen atoms in total. The van der Waals surface area contributed by atoms with Gasteiger partial charge in [-0.3, -0.25) is 9.59 Å². The van der Waals surface area contributed by atoms with Crippen LogP contribution in [0.15, 0.2) is 0 Å². The molecule has 0 aromatic rings. The Morgan fingerprint density at radius 2 is 1.41 bits per heavy atom. The predicted octanol–water partition coefficient (Wildman–Crippen LogP) is 2.87. The van der Waals surface area contributed by atoms with Crippen molar-refractivity contribution in [1.29, 1.82) is 0 Å². The minimum absolute atomic E-state index is 0.260. The van der Waals surface area contributed by atoms with Crippen molar-refractivity contribution in [3.05, 3.63) is 0 Å². The molecule has 22 heavy (non-hydrogen) atoms. The van der Waals surface area contributed by atoms with Crippen LogP contribution in [0.25, 0.3) is 0 Å². The minimum Gasteiger partial charge on any atom is -0.465 e. The van der Waals surface area contributed by atoms with E-state index >= 15 is 0 Å². The van der Waals surface area contributed by atoms with Gasteiger partial charge >= 0.3 is 18.1 Å². The maximum Gasteiger partial charge on any atom is 0.415 e. The molecule has 0 fully saturated rings. The Morgan fingerprint density at radius 1 is 0.909 bits per heavy atom. The molecule has 0 N–H and O–H groups in total. The van der Waals surface area contributed by atoms with Gasteiger partial charge in [0.1, 0.15) is 0 Å². The quantitative estimate of drug-likeness (QED) is 0.350. The van der Waals surface area contributed by atoms with Crippen molar-refractivity contribution in [3.63, 3.8) is 0 Å². The van der Waals surface area contributed by atoms with Crippen molar-refractivity contribution >= 4 is 11.9 Å². The molecule has 0 radical (unpaired) electrons. The highest BCUT2D eigenvalue weighted by molar-refractivity contribution is 6.01. The molecular formula is C14H23F3O5. The van der Waals surface area contributed by atoms with E-state index in [0.29, 0.717) is 6.42 Å². The molecular weight excluding hydrogens is 305 g/mol. The van der Waals surface area contributed by atoms with Gasteiger partial charge in [-0.15, -0.1) is 0 Å². The highest BCUT2D eigenvalue weighted by atomic mass is 19.4. The lowest BCUT2D eigenvalue weighted by Gasteiger charge is -2.30. The average Bonchev–Trinajstić information content (AvgIpc) is 2.41. The summed E-state index contributed by atoms with van der Waals surface area (Å²) in [5, 5.41) is 0. The van der Waals surface area contributed by atoms with Crippen LogP contribution < -0.4 is 0 Å². The van der Waals surface area contributed by atoms with Crippen LogP contribution in [-0.2, 0) is 23.8 Å². The second-order valence-electron chi connectivity index (χ2n) is 4.56. The highest BCUT2D eigenvalue weighted by Crippen LogP contribution is 2.43.